The third-order valence-corrected chi connectivity index (χ3v) is 3.61. The first kappa shape index (κ1) is 17.7. The maximum atomic E-state index is 8.72. The van der Waals surface area contributed by atoms with Crippen LogP contribution in [0.5, 0.6) is 0 Å². The van der Waals surface area contributed by atoms with Crippen molar-refractivity contribution in [2.24, 2.45) is 0 Å². The fourth-order valence-corrected chi connectivity index (χ4v) is 2.07. The molecule has 0 saturated heterocycles. The molecule has 0 heterocycles. The molecule has 0 aliphatic rings. The highest BCUT2D eigenvalue weighted by atomic mass is 16.5. The van der Waals surface area contributed by atoms with Gasteiger partial charge in [0.25, 0.3) is 0 Å². The lowest BCUT2D eigenvalue weighted by Crippen LogP contribution is -2.34. The molecule has 3 heteroatoms. The van der Waals surface area contributed by atoms with Gasteiger partial charge in [-0.1, -0.05) is 30.9 Å². The van der Waals surface area contributed by atoms with Gasteiger partial charge in [-0.25, -0.2) is 0 Å². The van der Waals surface area contributed by atoms with Crippen molar-refractivity contribution < 1.29 is 9.84 Å². The Bertz CT molecular complexity index is 445. The number of ether oxygens (including phenoxy) is 1. The van der Waals surface area contributed by atoms with E-state index in [0.717, 1.165) is 31.7 Å². The van der Waals surface area contributed by atoms with Crippen LogP contribution in [0.25, 0.3) is 0 Å². The molecule has 0 spiro atoms. The van der Waals surface area contributed by atoms with Crippen molar-refractivity contribution >= 4 is 0 Å². The Hall–Kier alpha value is -1.34. The predicted octanol–water partition coefficient (Wildman–Crippen LogP) is 2.67. The Labute approximate surface area is 128 Å². The molecule has 0 aliphatic heterocycles. The van der Waals surface area contributed by atoms with Gasteiger partial charge in [-0.2, -0.15) is 0 Å². The molecule has 0 amide bonds. The normalized spacial score (nSPS) is 12.0. The average molecular weight is 289 g/mol. The van der Waals surface area contributed by atoms with Crippen molar-refractivity contribution in [3.63, 3.8) is 0 Å². The zero-order valence-corrected chi connectivity index (χ0v) is 13.4. The van der Waals surface area contributed by atoms with Crippen molar-refractivity contribution in [3.8, 4) is 11.8 Å². The van der Waals surface area contributed by atoms with Crippen LogP contribution in [0.3, 0.4) is 0 Å². The summed E-state index contributed by atoms with van der Waals surface area (Å²) < 4.78 is 5.20. The Balaban J connectivity index is 2.65. The van der Waals surface area contributed by atoms with Gasteiger partial charge in [-0.15, -0.1) is 0 Å². The molecule has 3 nitrogen and oxygen atoms in total. The molecular weight excluding hydrogens is 262 g/mol. The second-order valence-electron chi connectivity index (χ2n) is 5.19. The number of aliphatic hydroxyl groups excluding tert-OH is 1. The van der Waals surface area contributed by atoms with E-state index in [2.05, 4.69) is 42.7 Å². The summed E-state index contributed by atoms with van der Waals surface area (Å²) in [6.45, 7) is 7.23. The van der Waals surface area contributed by atoms with Crippen molar-refractivity contribution in [2.75, 3.05) is 26.9 Å². The van der Waals surface area contributed by atoms with Crippen LogP contribution in [0.15, 0.2) is 24.3 Å². The number of nitrogens with zero attached hydrogens (tertiary/aromatic N) is 1. The molecule has 21 heavy (non-hydrogen) atoms. The lowest BCUT2D eigenvalue weighted by molar-refractivity contribution is 0.118. The van der Waals surface area contributed by atoms with E-state index in [1.165, 1.54) is 5.56 Å². The number of benzene rings is 1. The third kappa shape index (κ3) is 6.77. The van der Waals surface area contributed by atoms with E-state index >= 15 is 0 Å². The summed E-state index contributed by atoms with van der Waals surface area (Å²) in [6.07, 6.45) is 1.66. The number of hydrogen-bond acceptors (Lipinski definition) is 3. The van der Waals surface area contributed by atoms with Gasteiger partial charge in [-0.3, -0.25) is 4.90 Å². The molecule has 1 aromatic rings. The van der Waals surface area contributed by atoms with Crippen LogP contribution in [0.1, 0.15) is 37.8 Å². The Morgan fingerprint density at radius 2 is 2.00 bits per heavy atom. The van der Waals surface area contributed by atoms with Crippen molar-refractivity contribution in [2.45, 2.75) is 39.3 Å². The lowest BCUT2D eigenvalue weighted by Gasteiger charge is -2.28. The summed E-state index contributed by atoms with van der Waals surface area (Å²) in [4.78, 5) is 2.44. The van der Waals surface area contributed by atoms with Gasteiger partial charge < -0.3 is 9.84 Å². The minimum Gasteiger partial charge on any atom is -0.395 e. The molecule has 1 rings (SSSR count). The predicted molar refractivity (Wildman–Crippen MR) is 87.1 cm³/mol. The van der Waals surface area contributed by atoms with Crippen molar-refractivity contribution in [1.29, 1.82) is 0 Å². The van der Waals surface area contributed by atoms with E-state index in [4.69, 9.17) is 9.84 Å². The number of hydrogen-bond donors (Lipinski definition) is 1. The summed E-state index contributed by atoms with van der Waals surface area (Å²) >= 11 is 0. The van der Waals surface area contributed by atoms with E-state index in [9.17, 15) is 0 Å². The number of rotatable bonds is 8. The van der Waals surface area contributed by atoms with Gasteiger partial charge in [0.15, 0.2) is 0 Å². The Morgan fingerprint density at radius 1 is 1.29 bits per heavy atom. The van der Waals surface area contributed by atoms with Gasteiger partial charge in [0.1, 0.15) is 0 Å². The van der Waals surface area contributed by atoms with Crippen LogP contribution in [0.2, 0.25) is 0 Å². The molecule has 0 aromatic heterocycles. The van der Waals surface area contributed by atoms with Crippen LogP contribution >= 0.6 is 0 Å². The highest BCUT2D eigenvalue weighted by molar-refractivity contribution is 5.36. The molecule has 0 aliphatic carbocycles. The first-order valence-corrected chi connectivity index (χ1v) is 7.62. The van der Waals surface area contributed by atoms with Crippen LogP contribution in [0.4, 0.5) is 0 Å². The zero-order chi connectivity index (χ0) is 15.5. The second kappa shape index (κ2) is 10.4. The summed E-state index contributed by atoms with van der Waals surface area (Å²) in [5.41, 5.74) is 2.29. The molecule has 116 valence electrons. The van der Waals surface area contributed by atoms with E-state index < -0.39 is 0 Å². The average Bonchev–Trinajstić information content (AvgIpc) is 2.52. The SMILES string of the molecule is CCC(C)N(CCOC)Cc1ccc(C#CCCO)cc1. The standard InChI is InChI=1S/C18H27NO2/c1-4-16(2)19(12-14-21-3)15-18-10-8-17(9-11-18)7-5-6-13-20/h8-11,16,20H,4,6,12-15H2,1-3H3. The molecule has 1 unspecified atom stereocenters. The molecule has 0 fully saturated rings. The minimum absolute atomic E-state index is 0.119. The molecule has 0 bridgehead atoms. The molecule has 0 radical (unpaired) electrons. The maximum absolute atomic E-state index is 8.72. The summed E-state index contributed by atoms with van der Waals surface area (Å²) in [6, 6.07) is 8.90. The monoisotopic (exact) mass is 289 g/mol. The van der Waals surface area contributed by atoms with Crippen LogP contribution < -0.4 is 0 Å². The molecule has 1 aromatic carbocycles. The van der Waals surface area contributed by atoms with Gasteiger partial charge >= 0.3 is 0 Å². The highest BCUT2D eigenvalue weighted by Crippen LogP contribution is 2.11. The summed E-state index contributed by atoms with van der Waals surface area (Å²) in [5, 5.41) is 8.72. The topological polar surface area (TPSA) is 32.7 Å². The van der Waals surface area contributed by atoms with Crippen molar-refractivity contribution in [1.82, 2.24) is 4.90 Å². The first-order chi connectivity index (χ1) is 10.2. The Kier molecular flexibility index (Phi) is 8.77. The fourth-order valence-electron chi connectivity index (χ4n) is 2.07. The van der Waals surface area contributed by atoms with Gasteiger partial charge in [0.05, 0.1) is 13.2 Å². The Morgan fingerprint density at radius 3 is 2.57 bits per heavy atom. The van der Waals surface area contributed by atoms with Crippen LogP contribution in [-0.4, -0.2) is 42.9 Å². The largest absolute Gasteiger partial charge is 0.395 e. The van der Waals surface area contributed by atoms with E-state index in [1.54, 1.807) is 7.11 Å². The molecular formula is C18H27NO2. The molecule has 0 saturated carbocycles. The number of aliphatic hydroxyl groups is 1. The van der Waals surface area contributed by atoms with E-state index in [0.29, 0.717) is 12.5 Å². The third-order valence-electron chi connectivity index (χ3n) is 3.61. The summed E-state index contributed by atoms with van der Waals surface area (Å²) in [5.74, 6) is 5.99. The first-order valence-electron chi connectivity index (χ1n) is 7.62. The van der Waals surface area contributed by atoms with E-state index in [1.807, 2.05) is 12.1 Å². The van der Waals surface area contributed by atoms with E-state index in [-0.39, 0.29) is 6.61 Å². The number of methoxy groups -OCH3 is 1. The maximum Gasteiger partial charge on any atom is 0.0589 e. The van der Waals surface area contributed by atoms with Gasteiger partial charge in [0.2, 0.25) is 0 Å². The lowest BCUT2D eigenvalue weighted by atomic mass is 10.1. The van der Waals surface area contributed by atoms with Crippen LogP contribution in [0, 0.1) is 11.8 Å². The van der Waals surface area contributed by atoms with Gasteiger partial charge in [0, 0.05) is 38.2 Å². The highest BCUT2D eigenvalue weighted by Gasteiger charge is 2.12. The molecule has 1 atom stereocenters. The molecule has 1 N–H and O–H groups in total. The van der Waals surface area contributed by atoms with Gasteiger partial charge in [-0.05, 0) is 31.0 Å². The summed E-state index contributed by atoms with van der Waals surface area (Å²) in [7, 11) is 1.74. The fraction of sp³-hybridized carbons (Fsp3) is 0.556. The van der Waals surface area contributed by atoms with Crippen molar-refractivity contribution in [3.05, 3.63) is 35.4 Å². The quantitative estimate of drug-likeness (QED) is 0.747. The smallest absolute Gasteiger partial charge is 0.0589 e. The zero-order valence-electron chi connectivity index (χ0n) is 13.4. The second-order valence-corrected chi connectivity index (χ2v) is 5.19. The van der Waals surface area contributed by atoms with Crippen LogP contribution in [-0.2, 0) is 11.3 Å². The minimum atomic E-state index is 0.119.